The molecule has 20 heavy (non-hydrogen) atoms. The van der Waals surface area contributed by atoms with Gasteiger partial charge in [0.15, 0.2) is 0 Å². The SMILES string of the molecule is CCCCCCCCC(=O)CC(C)c1ccc(N)cc1. The molecule has 0 saturated carbocycles. The molecule has 0 saturated heterocycles. The molecule has 0 radical (unpaired) electrons. The molecule has 2 heteroatoms. The zero-order chi connectivity index (χ0) is 14.8. The minimum Gasteiger partial charge on any atom is -0.399 e. The topological polar surface area (TPSA) is 43.1 Å². The van der Waals surface area contributed by atoms with E-state index < -0.39 is 0 Å². The lowest BCUT2D eigenvalue weighted by Crippen LogP contribution is -2.04. The Morgan fingerprint density at radius 1 is 1.05 bits per heavy atom. The van der Waals surface area contributed by atoms with Crippen LogP contribution >= 0.6 is 0 Å². The van der Waals surface area contributed by atoms with Crippen molar-refractivity contribution in [2.75, 3.05) is 5.73 Å². The van der Waals surface area contributed by atoms with Crippen molar-refractivity contribution in [3.63, 3.8) is 0 Å². The van der Waals surface area contributed by atoms with E-state index in [1.54, 1.807) is 0 Å². The summed E-state index contributed by atoms with van der Waals surface area (Å²) >= 11 is 0. The lowest BCUT2D eigenvalue weighted by Gasteiger charge is -2.11. The Kier molecular flexibility index (Phi) is 8.01. The number of unbranched alkanes of at least 4 members (excludes halogenated alkanes) is 5. The van der Waals surface area contributed by atoms with E-state index in [1.807, 2.05) is 24.3 Å². The van der Waals surface area contributed by atoms with E-state index in [0.717, 1.165) is 18.5 Å². The Bertz CT molecular complexity index is 383. The quantitative estimate of drug-likeness (QED) is 0.478. The first-order chi connectivity index (χ1) is 9.63. The van der Waals surface area contributed by atoms with E-state index in [9.17, 15) is 4.79 Å². The van der Waals surface area contributed by atoms with Crippen LogP contribution in [0.4, 0.5) is 5.69 Å². The van der Waals surface area contributed by atoms with Crippen LogP contribution in [0.3, 0.4) is 0 Å². The molecule has 1 unspecified atom stereocenters. The van der Waals surface area contributed by atoms with Crippen molar-refractivity contribution in [3.05, 3.63) is 29.8 Å². The molecule has 0 heterocycles. The van der Waals surface area contributed by atoms with E-state index in [-0.39, 0.29) is 0 Å². The van der Waals surface area contributed by atoms with Crippen LogP contribution in [-0.2, 0) is 4.79 Å². The van der Waals surface area contributed by atoms with Gasteiger partial charge in [-0.25, -0.2) is 0 Å². The summed E-state index contributed by atoms with van der Waals surface area (Å²) in [7, 11) is 0. The fourth-order valence-electron chi connectivity index (χ4n) is 2.49. The number of hydrogen-bond donors (Lipinski definition) is 1. The number of benzene rings is 1. The number of nitrogen functional groups attached to an aromatic ring is 1. The van der Waals surface area contributed by atoms with Crippen LogP contribution in [0.25, 0.3) is 0 Å². The summed E-state index contributed by atoms with van der Waals surface area (Å²) in [5.41, 5.74) is 7.66. The summed E-state index contributed by atoms with van der Waals surface area (Å²) in [6.07, 6.45) is 8.82. The zero-order valence-corrected chi connectivity index (χ0v) is 13.0. The third-order valence-electron chi connectivity index (χ3n) is 3.85. The first-order valence-electron chi connectivity index (χ1n) is 8.00. The van der Waals surface area contributed by atoms with Gasteiger partial charge < -0.3 is 5.73 Å². The molecule has 0 aromatic heterocycles. The molecular weight excluding hydrogens is 246 g/mol. The maximum Gasteiger partial charge on any atom is 0.133 e. The molecule has 0 spiro atoms. The number of ketones is 1. The summed E-state index contributed by atoms with van der Waals surface area (Å²) in [6, 6.07) is 7.87. The van der Waals surface area contributed by atoms with Crippen molar-refractivity contribution in [1.29, 1.82) is 0 Å². The van der Waals surface area contributed by atoms with Gasteiger partial charge in [-0.2, -0.15) is 0 Å². The summed E-state index contributed by atoms with van der Waals surface area (Å²) in [6.45, 7) is 4.34. The van der Waals surface area contributed by atoms with E-state index in [0.29, 0.717) is 18.1 Å². The van der Waals surface area contributed by atoms with Crippen molar-refractivity contribution in [3.8, 4) is 0 Å². The summed E-state index contributed by atoms with van der Waals surface area (Å²) in [5, 5.41) is 0. The van der Waals surface area contributed by atoms with Crippen molar-refractivity contribution in [2.45, 2.75) is 71.1 Å². The predicted octanol–water partition coefficient (Wildman–Crippen LogP) is 5.08. The van der Waals surface area contributed by atoms with Gasteiger partial charge in [-0.05, 0) is 30.0 Å². The van der Waals surface area contributed by atoms with E-state index >= 15 is 0 Å². The number of carbonyl (C=O) groups excluding carboxylic acids is 1. The van der Waals surface area contributed by atoms with E-state index in [1.165, 1.54) is 37.7 Å². The van der Waals surface area contributed by atoms with Crippen LogP contribution in [0.1, 0.15) is 76.7 Å². The van der Waals surface area contributed by atoms with E-state index in [2.05, 4.69) is 13.8 Å². The molecule has 0 amide bonds. The fourth-order valence-corrected chi connectivity index (χ4v) is 2.49. The highest BCUT2D eigenvalue weighted by molar-refractivity contribution is 5.79. The fraction of sp³-hybridized carbons (Fsp3) is 0.611. The van der Waals surface area contributed by atoms with Gasteiger partial charge in [-0.1, -0.05) is 58.1 Å². The summed E-state index contributed by atoms with van der Waals surface area (Å²) in [5.74, 6) is 0.688. The second-order valence-corrected chi connectivity index (χ2v) is 5.83. The van der Waals surface area contributed by atoms with Crippen LogP contribution in [0.15, 0.2) is 24.3 Å². The van der Waals surface area contributed by atoms with Crippen LogP contribution in [0, 0.1) is 0 Å². The highest BCUT2D eigenvalue weighted by Gasteiger charge is 2.10. The maximum atomic E-state index is 12.0. The van der Waals surface area contributed by atoms with Crippen LogP contribution in [0.5, 0.6) is 0 Å². The zero-order valence-electron chi connectivity index (χ0n) is 13.0. The molecule has 2 N–H and O–H groups in total. The number of nitrogens with two attached hydrogens (primary N) is 1. The third-order valence-corrected chi connectivity index (χ3v) is 3.85. The Hall–Kier alpha value is -1.31. The molecule has 1 aromatic rings. The molecule has 2 nitrogen and oxygen atoms in total. The highest BCUT2D eigenvalue weighted by Crippen LogP contribution is 2.21. The van der Waals surface area contributed by atoms with Crippen LogP contribution < -0.4 is 5.73 Å². The molecule has 112 valence electrons. The summed E-state index contributed by atoms with van der Waals surface area (Å²) in [4.78, 5) is 12.0. The normalized spacial score (nSPS) is 12.3. The average molecular weight is 275 g/mol. The van der Waals surface area contributed by atoms with Gasteiger partial charge in [0, 0.05) is 18.5 Å². The minimum absolute atomic E-state index is 0.295. The number of anilines is 1. The summed E-state index contributed by atoms with van der Waals surface area (Å²) < 4.78 is 0. The number of Topliss-reactive ketones (excluding diaryl/α,β-unsaturated/α-hetero) is 1. The Morgan fingerprint density at radius 3 is 2.30 bits per heavy atom. The van der Waals surface area contributed by atoms with Crippen LogP contribution in [0.2, 0.25) is 0 Å². The van der Waals surface area contributed by atoms with Gasteiger partial charge in [0.2, 0.25) is 0 Å². The standard InChI is InChI=1S/C18H29NO/c1-3-4-5-6-7-8-9-18(20)14-15(2)16-10-12-17(19)13-11-16/h10-13,15H,3-9,14,19H2,1-2H3. The Morgan fingerprint density at radius 2 is 1.65 bits per heavy atom. The van der Waals surface area contributed by atoms with Gasteiger partial charge >= 0.3 is 0 Å². The molecule has 0 bridgehead atoms. The molecule has 0 aliphatic rings. The van der Waals surface area contributed by atoms with Gasteiger partial charge in [0.05, 0.1) is 0 Å². The molecule has 0 aliphatic heterocycles. The Balaban J connectivity index is 2.19. The minimum atomic E-state index is 0.295. The van der Waals surface area contributed by atoms with Gasteiger partial charge in [0.25, 0.3) is 0 Å². The molecule has 0 fully saturated rings. The lowest BCUT2D eigenvalue weighted by atomic mass is 9.93. The first kappa shape index (κ1) is 16.7. The molecule has 1 rings (SSSR count). The number of hydrogen-bond acceptors (Lipinski definition) is 2. The van der Waals surface area contributed by atoms with Crippen molar-refractivity contribution in [2.24, 2.45) is 0 Å². The number of carbonyl (C=O) groups is 1. The molecule has 1 aromatic carbocycles. The molecule has 1 atom stereocenters. The second kappa shape index (κ2) is 9.57. The highest BCUT2D eigenvalue weighted by atomic mass is 16.1. The number of rotatable bonds is 10. The van der Waals surface area contributed by atoms with Gasteiger partial charge in [-0.3, -0.25) is 4.79 Å². The Labute approximate surface area is 123 Å². The van der Waals surface area contributed by atoms with Crippen molar-refractivity contribution >= 4 is 11.5 Å². The first-order valence-corrected chi connectivity index (χ1v) is 8.00. The van der Waals surface area contributed by atoms with Crippen molar-refractivity contribution < 1.29 is 4.79 Å². The molecule has 0 aliphatic carbocycles. The average Bonchev–Trinajstić information content (AvgIpc) is 2.43. The monoisotopic (exact) mass is 275 g/mol. The van der Waals surface area contributed by atoms with E-state index in [4.69, 9.17) is 5.73 Å². The molecular formula is C18H29NO. The second-order valence-electron chi connectivity index (χ2n) is 5.83. The third kappa shape index (κ3) is 6.74. The van der Waals surface area contributed by atoms with Crippen LogP contribution in [-0.4, -0.2) is 5.78 Å². The van der Waals surface area contributed by atoms with Gasteiger partial charge in [-0.15, -0.1) is 0 Å². The largest absolute Gasteiger partial charge is 0.399 e. The van der Waals surface area contributed by atoms with Gasteiger partial charge in [0.1, 0.15) is 5.78 Å². The smallest absolute Gasteiger partial charge is 0.133 e. The maximum absolute atomic E-state index is 12.0. The van der Waals surface area contributed by atoms with Crippen molar-refractivity contribution in [1.82, 2.24) is 0 Å². The lowest BCUT2D eigenvalue weighted by molar-refractivity contribution is -0.119. The predicted molar refractivity (Wildman–Crippen MR) is 86.9 cm³/mol.